The van der Waals surface area contributed by atoms with Gasteiger partial charge in [0.1, 0.15) is 11.2 Å². The van der Waals surface area contributed by atoms with Crippen LogP contribution in [0.2, 0.25) is 0 Å². The second-order valence-corrected chi connectivity index (χ2v) is 11.8. The number of nitrogens with zero attached hydrogens (tertiary/aromatic N) is 2. The molecule has 0 amide bonds. The number of hydrogen-bond acceptors (Lipinski definition) is 1. The lowest BCUT2D eigenvalue weighted by Crippen LogP contribution is -1.93. The van der Waals surface area contributed by atoms with Gasteiger partial charge < -0.3 is 13.6 Å². The Morgan fingerprint density at radius 1 is 0.311 bits per heavy atom. The summed E-state index contributed by atoms with van der Waals surface area (Å²) >= 11 is 0. The average Bonchev–Trinajstić information content (AvgIpc) is 3.74. The van der Waals surface area contributed by atoms with Crippen molar-refractivity contribution in [3.63, 3.8) is 0 Å². The zero-order valence-electron chi connectivity index (χ0n) is 24.3. The van der Waals surface area contributed by atoms with E-state index in [0.29, 0.717) is 0 Å². The van der Waals surface area contributed by atoms with E-state index in [9.17, 15) is 0 Å². The number of para-hydroxylation sites is 4. The average molecular weight is 575 g/mol. The van der Waals surface area contributed by atoms with Crippen LogP contribution in [-0.4, -0.2) is 9.13 Å². The summed E-state index contributed by atoms with van der Waals surface area (Å²) in [6.07, 6.45) is 0. The molecule has 0 spiro atoms. The predicted octanol–water partition coefficient (Wildman–Crippen LogP) is 11.4. The van der Waals surface area contributed by atoms with E-state index in [0.717, 1.165) is 33.1 Å². The first-order chi connectivity index (χ1) is 22.3. The topological polar surface area (TPSA) is 23.0 Å². The molecule has 3 heteroatoms. The summed E-state index contributed by atoms with van der Waals surface area (Å²) in [6.45, 7) is 0. The maximum absolute atomic E-state index is 6.34. The highest BCUT2D eigenvalue weighted by Gasteiger charge is 2.18. The van der Waals surface area contributed by atoms with Gasteiger partial charge in [-0.1, -0.05) is 84.9 Å². The lowest BCUT2D eigenvalue weighted by Gasteiger charge is -2.09. The number of hydrogen-bond donors (Lipinski definition) is 0. The minimum atomic E-state index is 0.907. The molecule has 0 N–H and O–H groups in total. The molecule has 45 heavy (non-hydrogen) atoms. The third-order valence-electron chi connectivity index (χ3n) is 9.30. The van der Waals surface area contributed by atoms with Crippen molar-refractivity contribution in [1.29, 1.82) is 0 Å². The van der Waals surface area contributed by atoms with Crippen molar-refractivity contribution in [2.75, 3.05) is 0 Å². The summed E-state index contributed by atoms with van der Waals surface area (Å²) < 4.78 is 11.1. The molecule has 0 aliphatic heterocycles. The molecule has 0 saturated carbocycles. The molecule has 0 bridgehead atoms. The molecule has 3 aromatic heterocycles. The van der Waals surface area contributed by atoms with Gasteiger partial charge in [0.25, 0.3) is 0 Å². The van der Waals surface area contributed by atoms with Crippen molar-refractivity contribution in [2.45, 2.75) is 0 Å². The molecule has 10 aromatic rings. The Labute approximate surface area is 258 Å². The number of benzene rings is 7. The van der Waals surface area contributed by atoms with Crippen LogP contribution in [0.3, 0.4) is 0 Å². The highest BCUT2D eigenvalue weighted by Crippen LogP contribution is 2.41. The Hall–Kier alpha value is -6.06. The van der Waals surface area contributed by atoms with Crippen molar-refractivity contribution in [2.24, 2.45) is 0 Å². The Morgan fingerprint density at radius 3 is 1.51 bits per heavy atom. The van der Waals surface area contributed by atoms with E-state index in [1.807, 2.05) is 12.1 Å². The van der Waals surface area contributed by atoms with Crippen LogP contribution < -0.4 is 0 Å². The number of fused-ring (bicyclic) bond motifs is 9. The van der Waals surface area contributed by atoms with Gasteiger partial charge in [-0.05, 0) is 77.9 Å². The molecule has 3 heterocycles. The maximum atomic E-state index is 6.34. The standard InChI is InChI=1S/C42H26N2O/c1-3-11-29(12-4-1)43-37-17-9-7-15-31(37)33-23-27(19-21-38(33)43)28-20-22-39-34(24-28)35-25-36-32-16-8-10-18-41(32)45-42(36)26-40(35)44(39)30-13-5-2-6-14-30/h1-26H. The van der Waals surface area contributed by atoms with Crippen LogP contribution in [0.4, 0.5) is 0 Å². The lowest BCUT2D eigenvalue weighted by molar-refractivity contribution is 0.669. The van der Waals surface area contributed by atoms with Gasteiger partial charge in [-0.15, -0.1) is 0 Å². The number of rotatable bonds is 3. The van der Waals surface area contributed by atoms with Gasteiger partial charge >= 0.3 is 0 Å². The van der Waals surface area contributed by atoms with Gasteiger partial charge in [0.05, 0.1) is 22.1 Å². The summed E-state index contributed by atoms with van der Waals surface area (Å²) in [7, 11) is 0. The first-order valence-electron chi connectivity index (χ1n) is 15.4. The van der Waals surface area contributed by atoms with Crippen LogP contribution >= 0.6 is 0 Å². The van der Waals surface area contributed by atoms with Crippen LogP contribution in [0.5, 0.6) is 0 Å². The van der Waals surface area contributed by atoms with E-state index in [1.165, 1.54) is 54.9 Å². The highest BCUT2D eigenvalue weighted by molar-refractivity contribution is 6.18. The fraction of sp³-hybridized carbons (Fsp3) is 0. The van der Waals surface area contributed by atoms with Gasteiger partial charge in [0.2, 0.25) is 0 Å². The lowest BCUT2D eigenvalue weighted by atomic mass is 10.00. The fourth-order valence-corrected chi connectivity index (χ4v) is 7.28. The Kier molecular flexibility index (Phi) is 5.00. The molecular formula is C42H26N2O. The Bertz CT molecular complexity index is 2740. The molecule has 0 saturated heterocycles. The minimum Gasteiger partial charge on any atom is -0.456 e. The molecule has 3 nitrogen and oxygen atoms in total. The normalized spacial score (nSPS) is 12.0. The summed E-state index contributed by atoms with van der Waals surface area (Å²) in [5.74, 6) is 0. The van der Waals surface area contributed by atoms with Crippen LogP contribution in [0.1, 0.15) is 0 Å². The molecular weight excluding hydrogens is 548 g/mol. The molecule has 0 fully saturated rings. The molecule has 0 aliphatic rings. The molecule has 0 radical (unpaired) electrons. The maximum Gasteiger partial charge on any atom is 0.137 e. The van der Waals surface area contributed by atoms with Gasteiger partial charge in [0.15, 0.2) is 0 Å². The molecule has 0 unspecified atom stereocenters. The van der Waals surface area contributed by atoms with Gasteiger partial charge in [0, 0.05) is 49.8 Å². The van der Waals surface area contributed by atoms with E-state index in [2.05, 4.69) is 155 Å². The number of aromatic nitrogens is 2. The summed E-state index contributed by atoms with van der Waals surface area (Å²) in [5.41, 5.74) is 11.3. The van der Waals surface area contributed by atoms with Crippen molar-refractivity contribution < 1.29 is 4.42 Å². The monoisotopic (exact) mass is 574 g/mol. The molecule has 10 rings (SSSR count). The third-order valence-corrected chi connectivity index (χ3v) is 9.30. The SMILES string of the molecule is c1ccc(-n2c3ccccc3c3cc(-c4ccc5c(c4)c4cc6c(cc4n5-c4ccccc4)oc4ccccc46)ccc32)cc1. The van der Waals surface area contributed by atoms with Crippen LogP contribution in [0.15, 0.2) is 162 Å². The zero-order chi connectivity index (χ0) is 29.5. The van der Waals surface area contributed by atoms with Crippen molar-refractivity contribution >= 4 is 65.6 Å². The molecule has 210 valence electrons. The van der Waals surface area contributed by atoms with Gasteiger partial charge in [-0.25, -0.2) is 0 Å². The summed E-state index contributed by atoms with van der Waals surface area (Å²) in [4.78, 5) is 0. The molecule has 0 atom stereocenters. The minimum absolute atomic E-state index is 0.907. The highest BCUT2D eigenvalue weighted by atomic mass is 16.3. The van der Waals surface area contributed by atoms with E-state index < -0.39 is 0 Å². The third kappa shape index (κ3) is 3.52. The van der Waals surface area contributed by atoms with Crippen LogP contribution in [0, 0.1) is 0 Å². The van der Waals surface area contributed by atoms with E-state index in [1.54, 1.807) is 0 Å². The summed E-state index contributed by atoms with van der Waals surface area (Å²) in [6, 6.07) is 56.6. The van der Waals surface area contributed by atoms with Crippen molar-refractivity contribution in [1.82, 2.24) is 9.13 Å². The van der Waals surface area contributed by atoms with Crippen LogP contribution in [0.25, 0.3) is 88.1 Å². The first-order valence-corrected chi connectivity index (χ1v) is 15.4. The second kappa shape index (κ2) is 9.22. The fourth-order valence-electron chi connectivity index (χ4n) is 7.28. The van der Waals surface area contributed by atoms with Gasteiger partial charge in [-0.2, -0.15) is 0 Å². The van der Waals surface area contributed by atoms with Crippen LogP contribution in [-0.2, 0) is 0 Å². The van der Waals surface area contributed by atoms with Crippen molar-refractivity contribution in [3.05, 3.63) is 158 Å². The van der Waals surface area contributed by atoms with E-state index in [-0.39, 0.29) is 0 Å². The smallest absolute Gasteiger partial charge is 0.137 e. The predicted molar refractivity (Wildman–Crippen MR) is 188 cm³/mol. The quantitative estimate of drug-likeness (QED) is 0.206. The first kappa shape index (κ1) is 24.4. The Balaban J connectivity index is 1.24. The van der Waals surface area contributed by atoms with E-state index >= 15 is 0 Å². The van der Waals surface area contributed by atoms with Crippen molar-refractivity contribution in [3.8, 4) is 22.5 Å². The van der Waals surface area contributed by atoms with Gasteiger partial charge in [-0.3, -0.25) is 0 Å². The largest absolute Gasteiger partial charge is 0.456 e. The van der Waals surface area contributed by atoms with E-state index in [4.69, 9.17) is 4.42 Å². The summed E-state index contributed by atoms with van der Waals surface area (Å²) in [5, 5.41) is 7.25. The number of furan rings is 1. The molecule has 0 aliphatic carbocycles. The molecule has 7 aromatic carbocycles. The Morgan fingerprint density at radius 2 is 0.822 bits per heavy atom. The zero-order valence-corrected chi connectivity index (χ0v) is 24.3. The second-order valence-electron chi connectivity index (χ2n) is 11.8.